The van der Waals surface area contributed by atoms with Crippen LogP contribution in [0.5, 0.6) is 0 Å². The molecule has 0 aliphatic rings. The van der Waals surface area contributed by atoms with Crippen molar-refractivity contribution in [1.82, 2.24) is 0 Å². The minimum atomic E-state index is -3.50. The standard InChI is InChI=1S/C8H8ClFO2S2/c1-5(13)14(11,12)6-2-3-8(10)7(9)4-6/h2-5,13H,1H3. The fourth-order valence-electron chi connectivity index (χ4n) is 0.851. The van der Waals surface area contributed by atoms with Crippen molar-refractivity contribution in [2.45, 2.75) is 16.4 Å². The molecule has 14 heavy (non-hydrogen) atoms. The van der Waals surface area contributed by atoms with Gasteiger partial charge in [0.05, 0.1) is 9.92 Å². The van der Waals surface area contributed by atoms with Crippen molar-refractivity contribution in [3.8, 4) is 0 Å². The zero-order chi connectivity index (χ0) is 10.9. The minimum Gasteiger partial charge on any atom is -0.223 e. The average Bonchev–Trinajstić information content (AvgIpc) is 2.09. The number of hydrogen-bond donors (Lipinski definition) is 1. The molecule has 0 aliphatic heterocycles. The van der Waals surface area contributed by atoms with Gasteiger partial charge < -0.3 is 0 Å². The lowest BCUT2D eigenvalue weighted by Crippen LogP contribution is -2.11. The number of thiol groups is 1. The summed E-state index contributed by atoms with van der Waals surface area (Å²) in [4.78, 5) is -0.0219. The predicted molar refractivity (Wildman–Crippen MR) is 57.0 cm³/mol. The summed E-state index contributed by atoms with van der Waals surface area (Å²) < 4.78 is 35.0. The molecular weight excluding hydrogens is 247 g/mol. The molecule has 0 bridgehead atoms. The minimum absolute atomic E-state index is 0.0219. The van der Waals surface area contributed by atoms with E-state index < -0.39 is 20.2 Å². The molecule has 1 unspecified atom stereocenters. The lowest BCUT2D eigenvalue weighted by atomic mass is 10.3. The fraction of sp³-hybridized carbons (Fsp3) is 0.250. The summed E-state index contributed by atoms with van der Waals surface area (Å²) in [7, 11) is -3.50. The van der Waals surface area contributed by atoms with Gasteiger partial charge in [-0.05, 0) is 25.1 Å². The Kier molecular flexibility index (Phi) is 3.44. The Hall–Kier alpha value is -0.260. The summed E-state index contributed by atoms with van der Waals surface area (Å²) in [6, 6.07) is 3.27. The van der Waals surface area contributed by atoms with E-state index in [2.05, 4.69) is 12.6 Å². The summed E-state index contributed by atoms with van der Waals surface area (Å²) in [5, 5.41) is -0.208. The Morgan fingerprint density at radius 2 is 2.07 bits per heavy atom. The van der Waals surface area contributed by atoms with Gasteiger partial charge in [0.25, 0.3) is 0 Å². The second-order valence-electron chi connectivity index (χ2n) is 2.72. The van der Waals surface area contributed by atoms with E-state index in [-0.39, 0.29) is 9.92 Å². The maximum absolute atomic E-state index is 12.7. The smallest absolute Gasteiger partial charge is 0.190 e. The fourth-order valence-corrected chi connectivity index (χ4v) is 2.39. The highest BCUT2D eigenvalue weighted by molar-refractivity contribution is 8.04. The van der Waals surface area contributed by atoms with Crippen LogP contribution in [0.25, 0.3) is 0 Å². The van der Waals surface area contributed by atoms with Crippen LogP contribution in [0.1, 0.15) is 6.92 Å². The van der Waals surface area contributed by atoms with Crippen molar-refractivity contribution >= 4 is 34.1 Å². The SMILES string of the molecule is CC(S)S(=O)(=O)c1ccc(F)c(Cl)c1. The van der Waals surface area contributed by atoms with Crippen LogP contribution in [-0.4, -0.2) is 13.0 Å². The Labute approximate surface area is 92.4 Å². The van der Waals surface area contributed by atoms with Crippen molar-refractivity contribution in [3.05, 3.63) is 29.0 Å². The third-order valence-corrected chi connectivity index (χ3v) is 4.60. The molecule has 0 saturated heterocycles. The zero-order valence-electron chi connectivity index (χ0n) is 7.24. The van der Waals surface area contributed by atoms with Crippen LogP contribution >= 0.6 is 24.2 Å². The van der Waals surface area contributed by atoms with Crippen LogP contribution in [0.4, 0.5) is 4.39 Å². The number of halogens is 2. The van der Waals surface area contributed by atoms with E-state index >= 15 is 0 Å². The maximum atomic E-state index is 12.7. The lowest BCUT2D eigenvalue weighted by Gasteiger charge is -2.07. The number of benzene rings is 1. The molecule has 0 aromatic heterocycles. The predicted octanol–water partition coefficient (Wildman–Crippen LogP) is 2.53. The van der Waals surface area contributed by atoms with Crippen molar-refractivity contribution < 1.29 is 12.8 Å². The molecule has 0 N–H and O–H groups in total. The highest BCUT2D eigenvalue weighted by atomic mass is 35.5. The Balaban J connectivity index is 3.29. The molecule has 0 spiro atoms. The molecule has 2 nitrogen and oxygen atoms in total. The Morgan fingerprint density at radius 1 is 1.50 bits per heavy atom. The molecule has 0 saturated carbocycles. The largest absolute Gasteiger partial charge is 0.223 e. The van der Waals surface area contributed by atoms with Crippen molar-refractivity contribution in [2.75, 3.05) is 0 Å². The van der Waals surface area contributed by atoms with Crippen LogP contribution in [0.15, 0.2) is 23.1 Å². The van der Waals surface area contributed by atoms with Gasteiger partial charge >= 0.3 is 0 Å². The molecule has 1 aromatic rings. The number of sulfone groups is 1. The summed E-state index contributed by atoms with van der Waals surface area (Å²) >= 11 is 9.29. The monoisotopic (exact) mass is 254 g/mol. The van der Waals surface area contributed by atoms with Gasteiger partial charge in [-0.15, -0.1) is 0 Å². The van der Waals surface area contributed by atoms with Gasteiger partial charge in [-0.1, -0.05) is 11.6 Å². The summed E-state index contributed by atoms with van der Waals surface area (Å²) in [5.74, 6) is -0.641. The molecule has 0 radical (unpaired) electrons. The zero-order valence-corrected chi connectivity index (χ0v) is 9.70. The molecule has 0 heterocycles. The van der Waals surface area contributed by atoms with Crippen LogP contribution in [0.2, 0.25) is 5.02 Å². The molecule has 0 aliphatic carbocycles. The topological polar surface area (TPSA) is 34.1 Å². The average molecular weight is 255 g/mol. The molecule has 1 rings (SSSR count). The van der Waals surface area contributed by atoms with Gasteiger partial charge in [-0.25, -0.2) is 12.8 Å². The normalized spacial score (nSPS) is 14.0. The van der Waals surface area contributed by atoms with Crippen molar-refractivity contribution in [3.63, 3.8) is 0 Å². The summed E-state index contributed by atoms with van der Waals surface area (Å²) in [6.45, 7) is 1.43. The molecule has 0 amide bonds. The van der Waals surface area contributed by atoms with Crippen molar-refractivity contribution in [2.24, 2.45) is 0 Å². The van der Waals surface area contributed by atoms with Crippen molar-refractivity contribution in [1.29, 1.82) is 0 Å². The molecule has 6 heteroatoms. The second kappa shape index (κ2) is 4.08. The highest BCUT2D eigenvalue weighted by Gasteiger charge is 2.20. The van der Waals surface area contributed by atoms with Gasteiger partial charge in [0.2, 0.25) is 0 Å². The Bertz CT molecular complexity index is 443. The quantitative estimate of drug-likeness (QED) is 0.650. The first-order chi connectivity index (χ1) is 6.35. The first kappa shape index (κ1) is 11.8. The van der Waals surface area contributed by atoms with E-state index in [1.165, 1.54) is 13.0 Å². The van der Waals surface area contributed by atoms with E-state index in [0.29, 0.717) is 0 Å². The molecule has 78 valence electrons. The van der Waals surface area contributed by atoms with E-state index in [4.69, 9.17) is 11.6 Å². The van der Waals surface area contributed by atoms with Crippen LogP contribution in [0.3, 0.4) is 0 Å². The first-order valence-electron chi connectivity index (χ1n) is 3.72. The van der Waals surface area contributed by atoms with E-state index in [1.807, 2.05) is 0 Å². The summed E-state index contributed by atoms with van der Waals surface area (Å²) in [6.07, 6.45) is 0. The third-order valence-electron chi connectivity index (χ3n) is 1.67. The van der Waals surface area contributed by atoms with Crippen LogP contribution < -0.4 is 0 Å². The highest BCUT2D eigenvalue weighted by Crippen LogP contribution is 2.23. The van der Waals surface area contributed by atoms with Crippen LogP contribution in [-0.2, 0) is 9.84 Å². The molecule has 0 fully saturated rings. The van der Waals surface area contributed by atoms with E-state index in [9.17, 15) is 12.8 Å². The van der Waals surface area contributed by atoms with E-state index in [0.717, 1.165) is 12.1 Å². The van der Waals surface area contributed by atoms with Gasteiger partial charge in [0.1, 0.15) is 10.4 Å². The van der Waals surface area contributed by atoms with Crippen LogP contribution in [0, 0.1) is 5.82 Å². The number of rotatable bonds is 2. The van der Waals surface area contributed by atoms with E-state index in [1.54, 1.807) is 0 Å². The van der Waals surface area contributed by atoms with Gasteiger partial charge in [-0.3, -0.25) is 0 Å². The second-order valence-corrected chi connectivity index (χ2v) is 6.52. The molecular formula is C8H8ClFO2S2. The van der Waals surface area contributed by atoms with Gasteiger partial charge in [0.15, 0.2) is 9.84 Å². The Morgan fingerprint density at radius 3 is 2.50 bits per heavy atom. The third kappa shape index (κ3) is 2.21. The molecule has 1 aromatic carbocycles. The molecule has 1 atom stereocenters. The maximum Gasteiger partial charge on any atom is 0.190 e. The van der Waals surface area contributed by atoms with Gasteiger partial charge in [-0.2, -0.15) is 12.6 Å². The lowest BCUT2D eigenvalue weighted by molar-refractivity contribution is 0.594. The number of hydrogen-bond acceptors (Lipinski definition) is 3. The first-order valence-corrected chi connectivity index (χ1v) is 6.17. The summed E-state index contributed by atoms with van der Waals surface area (Å²) in [5.41, 5.74) is 0. The van der Waals surface area contributed by atoms with Gasteiger partial charge in [0, 0.05) is 0 Å².